The summed E-state index contributed by atoms with van der Waals surface area (Å²) in [4.78, 5) is 17.7. The molecule has 0 aliphatic carbocycles. The standard InChI is InChI=1S/C17H24N6O/c1-13-5-4-10-22(11-13)16(24)12-23-19-17(18-20-23)14-6-8-15(9-7-14)21(2)3/h6-9,13H,4-5,10-12H2,1-3H3. The van der Waals surface area contributed by atoms with Gasteiger partial charge in [0.25, 0.3) is 0 Å². The number of aromatic nitrogens is 4. The average Bonchev–Trinajstić information content (AvgIpc) is 3.03. The number of anilines is 1. The molecule has 1 aliphatic rings. The molecule has 3 rings (SSSR count). The molecule has 24 heavy (non-hydrogen) atoms. The van der Waals surface area contributed by atoms with Crippen LogP contribution in [0.15, 0.2) is 24.3 Å². The first kappa shape index (κ1) is 16.4. The number of carbonyl (C=O) groups is 1. The molecule has 2 heterocycles. The van der Waals surface area contributed by atoms with Crippen LogP contribution in [0.25, 0.3) is 11.4 Å². The number of hydrogen-bond acceptors (Lipinski definition) is 5. The van der Waals surface area contributed by atoms with Crippen molar-refractivity contribution in [3.8, 4) is 11.4 Å². The first-order valence-corrected chi connectivity index (χ1v) is 8.36. The number of likely N-dealkylation sites (tertiary alicyclic amines) is 1. The van der Waals surface area contributed by atoms with Crippen molar-refractivity contribution in [2.75, 3.05) is 32.1 Å². The Labute approximate surface area is 142 Å². The zero-order valence-corrected chi connectivity index (χ0v) is 14.5. The zero-order valence-electron chi connectivity index (χ0n) is 14.5. The van der Waals surface area contributed by atoms with Gasteiger partial charge in [0, 0.05) is 38.4 Å². The molecule has 0 N–H and O–H groups in total. The summed E-state index contributed by atoms with van der Waals surface area (Å²) in [5.74, 6) is 1.17. The molecule has 0 saturated carbocycles. The number of nitrogens with zero attached hydrogens (tertiary/aromatic N) is 6. The zero-order chi connectivity index (χ0) is 17.1. The Hall–Kier alpha value is -2.44. The van der Waals surface area contributed by atoms with E-state index in [2.05, 4.69) is 22.3 Å². The first-order chi connectivity index (χ1) is 11.5. The van der Waals surface area contributed by atoms with E-state index < -0.39 is 0 Å². The topological polar surface area (TPSA) is 67.2 Å². The third-order valence-electron chi connectivity index (χ3n) is 4.38. The van der Waals surface area contributed by atoms with Crippen LogP contribution < -0.4 is 4.90 Å². The van der Waals surface area contributed by atoms with Gasteiger partial charge in [-0.2, -0.15) is 4.80 Å². The highest BCUT2D eigenvalue weighted by molar-refractivity contribution is 5.76. The number of hydrogen-bond donors (Lipinski definition) is 0. The summed E-state index contributed by atoms with van der Waals surface area (Å²) in [7, 11) is 3.99. The number of benzene rings is 1. The van der Waals surface area contributed by atoms with E-state index in [-0.39, 0.29) is 12.5 Å². The van der Waals surface area contributed by atoms with Crippen LogP contribution in [0.1, 0.15) is 19.8 Å². The molecule has 1 saturated heterocycles. The van der Waals surface area contributed by atoms with Crippen LogP contribution in [0.2, 0.25) is 0 Å². The largest absolute Gasteiger partial charge is 0.378 e. The second kappa shape index (κ2) is 6.98. The van der Waals surface area contributed by atoms with Crippen molar-refractivity contribution in [2.24, 2.45) is 5.92 Å². The molecule has 0 radical (unpaired) electrons. The Bertz CT molecular complexity index is 693. The fraction of sp³-hybridized carbons (Fsp3) is 0.529. The molecule has 0 spiro atoms. The van der Waals surface area contributed by atoms with Gasteiger partial charge in [-0.15, -0.1) is 10.2 Å². The van der Waals surface area contributed by atoms with Gasteiger partial charge in [0.1, 0.15) is 6.54 Å². The lowest BCUT2D eigenvalue weighted by Gasteiger charge is -2.30. The van der Waals surface area contributed by atoms with E-state index in [1.807, 2.05) is 48.2 Å². The maximum Gasteiger partial charge on any atom is 0.246 e. The molecule has 1 amide bonds. The number of carbonyl (C=O) groups excluding carboxylic acids is 1. The van der Waals surface area contributed by atoms with E-state index in [1.54, 1.807) is 0 Å². The maximum absolute atomic E-state index is 12.4. The number of amides is 1. The van der Waals surface area contributed by atoms with Crippen LogP contribution in [0.5, 0.6) is 0 Å². The molecule has 0 bridgehead atoms. The highest BCUT2D eigenvalue weighted by atomic mass is 16.2. The van der Waals surface area contributed by atoms with Crippen LogP contribution >= 0.6 is 0 Å². The fourth-order valence-electron chi connectivity index (χ4n) is 2.97. The third kappa shape index (κ3) is 3.72. The van der Waals surface area contributed by atoms with Gasteiger partial charge in [-0.1, -0.05) is 6.92 Å². The van der Waals surface area contributed by atoms with Gasteiger partial charge in [-0.3, -0.25) is 4.79 Å². The molecule has 2 aromatic rings. The van der Waals surface area contributed by atoms with Crippen LogP contribution in [-0.2, 0) is 11.3 Å². The van der Waals surface area contributed by atoms with Gasteiger partial charge in [-0.05, 0) is 48.2 Å². The average molecular weight is 328 g/mol. The van der Waals surface area contributed by atoms with Gasteiger partial charge < -0.3 is 9.80 Å². The Morgan fingerprint density at radius 2 is 2.04 bits per heavy atom. The van der Waals surface area contributed by atoms with Gasteiger partial charge in [-0.25, -0.2) is 0 Å². The summed E-state index contributed by atoms with van der Waals surface area (Å²) in [6.45, 7) is 3.99. The molecule has 7 heteroatoms. The first-order valence-electron chi connectivity index (χ1n) is 8.36. The molecular weight excluding hydrogens is 304 g/mol. The summed E-state index contributed by atoms with van der Waals surface area (Å²) in [6, 6.07) is 7.95. The minimum Gasteiger partial charge on any atom is -0.378 e. The van der Waals surface area contributed by atoms with Crippen LogP contribution in [0.4, 0.5) is 5.69 Å². The molecule has 1 aliphatic heterocycles. The smallest absolute Gasteiger partial charge is 0.246 e. The van der Waals surface area contributed by atoms with E-state index in [9.17, 15) is 4.79 Å². The third-order valence-corrected chi connectivity index (χ3v) is 4.38. The van der Waals surface area contributed by atoms with Gasteiger partial charge >= 0.3 is 0 Å². The van der Waals surface area contributed by atoms with Crippen molar-refractivity contribution in [3.05, 3.63) is 24.3 Å². The van der Waals surface area contributed by atoms with Crippen LogP contribution in [0.3, 0.4) is 0 Å². The van der Waals surface area contributed by atoms with Gasteiger partial charge in [0.05, 0.1) is 0 Å². The lowest BCUT2D eigenvalue weighted by atomic mass is 10.0. The second-order valence-electron chi connectivity index (χ2n) is 6.67. The van der Waals surface area contributed by atoms with Crippen molar-refractivity contribution in [2.45, 2.75) is 26.3 Å². The Morgan fingerprint density at radius 3 is 2.71 bits per heavy atom. The highest BCUT2D eigenvalue weighted by Gasteiger charge is 2.21. The highest BCUT2D eigenvalue weighted by Crippen LogP contribution is 2.19. The Balaban J connectivity index is 1.65. The van der Waals surface area contributed by atoms with E-state index in [1.165, 1.54) is 11.2 Å². The quantitative estimate of drug-likeness (QED) is 0.854. The molecular formula is C17H24N6O. The SMILES string of the molecule is CC1CCCN(C(=O)Cn2nnc(-c3ccc(N(C)C)cc3)n2)C1. The normalized spacial score (nSPS) is 17.8. The molecule has 128 valence electrons. The summed E-state index contributed by atoms with van der Waals surface area (Å²) in [5.41, 5.74) is 2.01. The second-order valence-corrected chi connectivity index (χ2v) is 6.67. The minimum absolute atomic E-state index is 0.0634. The Morgan fingerprint density at radius 1 is 1.29 bits per heavy atom. The minimum atomic E-state index is 0.0634. The maximum atomic E-state index is 12.4. The lowest BCUT2D eigenvalue weighted by Crippen LogP contribution is -2.41. The van der Waals surface area contributed by atoms with Crippen molar-refractivity contribution in [3.63, 3.8) is 0 Å². The van der Waals surface area contributed by atoms with E-state index in [0.717, 1.165) is 30.8 Å². The Kier molecular flexibility index (Phi) is 4.78. The number of tetrazole rings is 1. The van der Waals surface area contributed by atoms with E-state index in [0.29, 0.717) is 11.7 Å². The van der Waals surface area contributed by atoms with Gasteiger partial charge in [0.2, 0.25) is 11.7 Å². The van der Waals surface area contributed by atoms with Crippen molar-refractivity contribution in [1.29, 1.82) is 0 Å². The summed E-state index contributed by atoms with van der Waals surface area (Å²) in [5, 5.41) is 12.4. The number of piperidine rings is 1. The van der Waals surface area contributed by atoms with Crippen molar-refractivity contribution >= 4 is 11.6 Å². The lowest BCUT2D eigenvalue weighted by molar-refractivity contribution is -0.134. The predicted octanol–water partition coefficient (Wildman–Crippen LogP) is 1.66. The predicted molar refractivity (Wildman–Crippen MR) is 92.6 cm³/mol. The van der Waals surface area contributed by atoms with Crippen LogP contribution in [0, 0.1) is 5.92 Å². The molecule has 1 aromatic heterocycles. The molecule has 1 unspecified atom stereocenters. The van der Waals surface area contributed by atoms with Crippen molar-refractivity contribution < 1.29 is 4.79 Å². The number of rotatable bonds is 4. The fourth-order valence-corrected chi connectivity index (χ4v) is 2.97. The molecule has 7 nitrogen and oxygen atoms in total. The van der Waals surface area contributed by atoms with Crippen LogP contribution in [-0.4, -0.2) is 58.2 Å². The summed E-state index contributed by atoms with van der Waals surface area (Å²) in [6.07, 6.45) is 2.26. The van der Waals surface area contributed by atoms with E-state index in [4.69, 9.17) is 0 Å². The van der Waals surface area contributed by atoms with Gasteiger partial charge in [0.15, 0.2) is 0 Å². The molecule has 1 atom stereocenters. The molecule has 1 aromatic carbocycles. The summed E-state index contributed by atoms with van der Waals surface area (Å²) >= 11 is 0. The monoisotopic (exact) mass is 328 g/mol. The summed E-state index contributed by atoms with van der Waals surface area (Å²) < 4.78 is 0. The van der Waals surface area contributed by atoms with Crippen molar-refractivity contribution in [1.82, 2.24) is 25.1 Å². The molecule has 1 fully saturated rings. The van der Waals surface area contributed by atoms with E-state index >= 15 is 0 Å².